The summed E-state index contributed by atoms with van der Waals surface area (Å²) >= 11 is 0. The topological polar surface area (TPSA) is 71.9 Å². The van der Waals surface area contributed by atoms with E-state index in [4.69, 9.17) is 4.74 Å². The van der Waals surface area contributed by atoms with Gasteiger partial charge in [0, 0.05) is 48.1 Å². The standard InChI is InChI=1S/C30H33N3O4/c1-31-23-11-5-3-8-19(23)18-26(31)30(36)33-24-12-6-4-9-21(24)29(22-10-7-13-25(22)33)32(20-14-15-20)27(34)16-17-28(35)37-2/h3-6,8-9,11-12,18,20,22,25,29H,7,10,13-17H2,1-2H3/t22-,25+,29-/m0/s1. The van der Waals surface area contributed by atoms with Crippen molar-refractivity contribution in [3.63, 3.8) is 0 Å². The summed E-state index contributed by atoms with van der Waals surface area (Å²) in [6.07, 6.45) is 5.12. The summed E-state index contributed by atoms with van der Waals surface area (Å²) in [5, 5.41) is 1.05. The van der Waals surface area contributed by atoms with E-state index in [2.05, 4.69) is 11.0 Å². The minimum Gasteiger partial charge on any atom is -0.469 e. The summed E-state index contributed by atoms with van der Waals surface area (Å²) in [6, 6.07) is 18.3. The number of fused-ring (bicyclic) bond motifs is 3. The molecule has 0 radical (unpaired) electrons. The van der Waals surface area contributed by atoms with Crippen LogP contribution in [0.15, 0.2) is 54.6 Å². The fraction of sp³-hybridized carbons (Fsp3) is 0.433. The third-order valence-electron chi connectivity index (χ3n) is 8.47. The normalized spacial score (nSPS) is 22.4. The van der Waals surface area contributed by atoms with Gasteiger partial charge in [0.05, 0.1) is 19.6 Å². The van der Waals surface area contributed by atoms with E-state index < -0.39 is 0 Å². The van der Waals surface area contributed by atoms with Crippen LogP contribution >= 0.6 is 0 Å². The number of nitrogens with zero attached hydrogens (tertiary/aromatic N) is 3. The van der Waals surface area contributed by atoms with Crippen molar-refractivity contribution >= 4 is 34.4 Å². The fourth-order valence-corrected chi connectivity index (χ4v) is 6.64. The van der Waals surface area contributed by atoms with Crippen LogP contribution in [0.5, 0.6) is 0 Å². The van der Waals surface area contributed by atoms with E-state index in [0.717, 1.165) is 54.3 Å². The molecule has 3 atom stereocenters. The van der Waals surface area contributed by atoms with Gasteiger partial charge in [0.1, 0.15) is 5.69 Å². The van der Waals surface area contributed by atoms with Crippen LogP contribution in [0.1, 0.15) is 67.0 Å². The molecule has 2 heterocycles. The highest BCUT2D eigenvalue weighted by Crippen LogP contribution is 2.53. The monoisotopic (exact) mass is 499 g/mol. The Bertz CT molecular complexity index is 1370. The van der Waals surface area contributed by atoms with E-state index in [0.29, 0.717) is 5.69 Å². The number of ether oxygens (including phenoxy) is 1. The lowest BCUT2D eigenvalue weighted by Gasteiger charge is -2.47. The molecule has 3 aromatic rings. The molecule has 0 spiro atoms. The molecule has 7 heteroatoms. The maximum atomic E-state index is 14.2. The number of benzene rings is 2. The Morgan fingerprint density at radius 1 is 0.973 bits per heavy atom. The molecule has 0 N–H and O–H groups in total. The Kier molecular flexibility index (Phi) is 6.01. The largest absolute Gasteiger partial charge is 0.469 e. The summed E-state index contributed by atoms with van der Waals surface area (Å²) in [4.78, 5) is 43.7. The van der Waals surface area contributed by atoms with Crippen LogP contribution in [-0.4, -0.2) is 46.4 Å². The molecule has 6 rings (SSSR count). The molecule has 7 nitrogen and oxygen atoms in total. The molecule has 37 heavy (non-hydrogen) atoms. The number of rotatable bonds is 6. The average Bonchev–Trinajstić information content (AvgIpc) is 3.54. The van der Waals surface area contributed by atoms with Gasteiger partial charge in [-0.3, -0.25) is 14.4 Å². The first-order chi connectivity index (χ1) is 18.0. The Morgan fingerprint density at radius 3 is 2.49 bits per heavy atom. The van der Waals surface area contributed by atoms with Crippen molar-refractivity contribution in [3.8, 4) is 0 Å². The van der Waals surface area contributed by atoms with Crippen LogP contribution < -0.4 is 4.90 Å². The van der Waals surface area contributed by atoms with Gasteiger partial charge in [0.2, 0.25) is 5.91 Å². The number of anilines is 1. The van der Waals surface area contributed by atoms with E-state index >= 15 is 0 Å². The number of hydrogen-bond acceptors (Lipinski definition) is 4. The summed E-state index contributed by atoms with van der Waals surface area (Å²) in [6.45, 7) is 0. The van der Waals surface area contributed by atoms with Crippen molar-refractivity contribution in [3.05, 3.63) is 65.9 Å². The quantitative estimate of drug-likeness (QED) is 0.448. The zero-order chi connectivity index (χ0) is 25.7. The van der Waals surface area contributed by atoms with Gasteiger partial charge in [-0.2, -0.15) is 0 Å². The van der Waals surface area contributed by atoms with Crippen LogP contribution in [0, 0.1) is 5.92 Å². The number of amides is 2. The Morgan fingerprint density at radius 2 is 1.73 bits per heavy atom. The molecule has 192 valence electrons. The van der Waals surface area contributed by atoms with Gasteiger partial charge in [-0.05, 0) is 49.4 Å². The second-order valence-electron chi connectivity index (χ2n) is 10.6. The van der Waals surface area contributed by atoms with E-state index in [9.17, 15) is 14.4 Å². The van der Waals surface area contributed by atoms with Crippen LogP contribution in [0.2, 0.25) is 0 Å². The number of methoxy groups -OCH3 is 1. The molecular weight excluding hydrogens is 466 g/mol. The highest BCUT2D eigenvalue weighted by molar-refractivity contribution is 6.09. The number of carbonyl (C=O) groups excluding carboxylic acids is 3. The molecule has 3 aliphatic rings. The predicted octanol–water partition coefficient (Wildman–Crippen LogP) is 4.99. The number of aryl methyl sites for hydroxylation is 1. The number of esters is 1. The van der Waals surface area contributed by atoms with Gasteiger partial charge in [0.25, 0.3) is 5.91 Å². The molecule has 0 unspecified atom stereocenters. The molecule has 1 aromatic heterocycles. The minimum absolute atomic E-state index is 0.00631. The molecule has 2 aromatic carbocycles. The number of carbonyl (C=O) groups is 3. The fourth-order valence-electron chi connectivity index (χ4n) is 6.64. The number of hydrogen-bond donors (Lipinski definition) is 0. The average molecular weight is 500 g/mol. The van der Waals surface area contributed by atoms with Crippen molar-refractivity contribution in [2.45, 2.75) is 63.1 Å². The summed E-state index contributed by atoms with van der Waals surface area (Å²) in [7, 11) is 3.31. The van der Waals surface area contributed by atoms with Gasteiger partial charge in [-0.15, -0.1) is 0 Å². The smallest absolute Gasteiger partial charge is 0.306 e. The molecule has 1 aliphatic heterocycles. The first-order valence-electron chi connectivity index (χ1n) is 13.3. The van der Waals surface area contributed by atoms with E-state index in [1.54, 1.807) is 0 Å². The van der Waals surface area contributed by atoms with E-state index in [1.807, 2.05) is 65.0 Å². The zero-order valence-electron chi connectivity index (χ0n) is 21.4. The molecule has 2 fully saturated rings. The highest BCUT2D eigenvalue weighted by Gasteiger charge is 2.51. The van der Waals surface area contributed by atoms with Crippen molar-refractivity contribution in [1.29, 1.82) is 0 Å². The van der Waals surface area contributed by atoms with Crippen molar-refractivity contribution < 1.29 is 19.1 Å². The third kappa shape index (κ3) is 4.01. The predicted molar refractivity (Wildman–Crippen MR) is 141 cm³/mol. The second-order valence-corrected chi connectivity index (χ2v) is 10.6. The Labute approximate surface area is 217 Å². The second kappa shape index (κ2) is 9.36. The maximum Gasteiger partial charge on any atom is 0.306 e. The van der Waals surface area contributed by atoms with Crippen molar-refractivity contribution in [2.75, 3.05) is 12.0 Å². The Hall–Kier alpha value is -3.61. The zero-order valence-corrected chi connectivity index (χ0v) is 21.4. The summed E-state index contributed by atoms with van der Waals surface area (Å²) in [5.41, 5.74) is 3.65. The first kappa shape index (κ1) is 23.8. The molecule has 2 aliphatic carbocycles. The minimum atomic E-state index is -0.362. The molecule has 2 amide bonds. The molecule has 0 saturated heterocycles. The maximum absolute atomic E-state index is 14.2. The summed E-state index contributed by atoms with van der Waals surface area (Å²) < 4.78 is 6.77. The van der Waals surface area contributed by atoms with Gasteiger partial charge in [-0.25, -0.2) is 0 Å². The van der Waals surface area contributed by atoms with Crippen LogP contribution in [-0.2, 0) is 21.4 Å². The van der Waals surface area contributed by atoms with Crippen LogP contribution in [0.3, 0.4) is 0 Å². The highest BCUT2D eigenvalue weighted by atomic mass is 16.5. The van der Waals surface area contributed by atoms with Crippen molar-refractivity contribution in [1.82, 2.24) is 9.47 Å². The van der Waals surface area contributed by atoms with E-state index in [-0.39, 0.29) is 54.7 Å². The molecule has 0 bridgehead atoms. The lowest BCUT2D eigenvalue weighted by molar-refractivity contribution is -0.145. The SMILES string of the molecule is COC(=O)CCC(=O)N(C1CC1)[C@H]1c2ccccc2N(C(=O)c2cc3ccccc3n2C)[C@@H]2CCC[C@@H]21. The van der Waals surface area contributed by atoms with Gasteiger partial charge < -0.3 is 19.1 Å². The number of aromatic nitrogens is 1. The van der Waals surface area contributed by atoms with Crippen molar-refractivity contribution in [2.24, 2.45) is 13.0 Å². The Balaban J connectivity index is 1.41. The third-order valence-corrected chi connectivity index (χ3v) is 8.47. The molecule has 2 saturated carbocycles. The van der Waals surface area contributed by atoms with Gasteiger partial charge in [0.15, 0.2) is 0 Å². The summed E-state index contributed by atoms with van der Waals surface area (Å²) in [5.74, 6) is -0.182. The van der Waals surface area contributed by atoms with Crippen LogP contribution in [0.4, 0.5) is 5.69 Å². The number of para-hydroxylation sites is 2. The first-order valence-corrected chi connectivity index (χ1v) is 13.3. The van der Waals surface area contributed by atoms with Crippen LogP contribution in [0.25, 0.3) is 10.9 Å². The van der Waals surface area contributed by atoms with E-state index in [1.165, 1.54) is 7.11 Å². The lowest BCUT2D eigenvalue weighted by Crippen LogP contribution is -2.53. The van der Waals surface area contributed by atoms with Gasteiger partial charge in [-0.1, -0.05) is 42.8 Å². The lowest BCUT2D eigenvalue weighted by atomic mass is 9.81. The molecular formula is C30H33N3O4. The van der Waals surface area contributed by atoms with Gasteiger partial charge >= 0.3 is 5.97 Å².